The Hall–Kier alpha value is -0.610. The summed E-state index contributed by atoms with van der Waals surface area (Å²) in [6.07, 6.45) is 5.20. The van der Waals surface area contributed by atoms with E-state index in [9.17, 15) is 4.79 Å². The van der Waals surface area contributed by atoms with E-state index in [1.807, 2.05) is 4.90 Å². The average Bonchev–Trinajstić information content (AvgIpc) is 2.57. The van der Waals surface area contributed by atoms with Gasteiger partial charge < -0.3 is 15.5 Å². The van der Waals surface area contributed by atoms with Crippen LogP contribution in [0.5, 0.6) is 0 Å². The van der Waals surface area contributed by atoms with E-state index in [2.05, 4.69) is 11.9 Å². The van der Waals surface area contributed by atoms with Crippen molar-refractivity contribution in [3.63, 3.8) is 0 Å². The Bertz CT molecular complexity index is 269. The molecule has 4 heteroatoms. The summed E-state index contributed by atoms with van der Waals surface area (Å²) in [5.74, 6) is 0.756. The Morgan fingerprint density at radius 1 is 1.18 bits per heavy atom. The molecule has 2 N–H and O–H groups in total. The lowest BCUT2D eigenvalue weighted by Crippen LogP contribution is -2.37. The quantitative estimate of drug-likeness (QED) is 0.770. The molecule has 1 amide bonds. The molecule has 17 heavy (non-hydrogen) atoms. The molecule has 0 radical (unpaired) electrons. The van der Waals surface area contributed by atoms with E-state index in [-0.39, 0.29) is 6.04 Å². The minimum atomic E-state index is 0.258. The highest BCUT2D eigenvalue weighted by Crippen LogP contribution is 2.27. The fraction of sp³-hybridized carbons (Fsp3) is 0.923. The highest BCUT2D eigenvalue weighted by atomic mass is 16.2. The van der Waals surface area contributed by atoms with E-state index in [1.165, 1.54) is 6.42 Å². The van der Waals surface area contributed by atoms with Crippen molar-refractivity contribution in [2.24, 2.45) is 11.7 Å². The van der Waals surface area contributed by atoms with Crippen LogP contribution in [0.25, 0.3) is 0 Å². The number of amides is 1. The third-order valence-corrected chi connectivity index (χ3v) is 4.23. The van der Waals surface area contributed by atoms with Crippen LogP contribution in [0.15, 0.2) is 0 Å². The first kappa shape index (κ1) is 12.8. The molecule has 0 aromatic heterocycles. The maximum Gasteiger partial charge on any atom is 0.222 e. The Kier molecular flexibility index (Phi) is 4.40. The smallest absolute Gasteiger partial charge is 0.222 e. The molecular weight excluding hydrogens is 214 g/mol. The highest BCUT2D eigenvalue weighted by molar-refractivity contribution is 5.76. The van der Waals surface area contributed by atoms with E-state index in [4.69, 9.17) is 5.73 Å². The third kappa shape index (κ3) is 3.42. The van der Waals surface area contributed by atoms with Crippen LogP contribution < -0.4 is 5.73 Å². The summed E-state index contributed by atoms with van der Waals surface area (Å²) < 4.78 is 0. The predicted octanol–water partition coefficient (Wildman–Crippen LogP) is 0.668. The number of carbonyl (C=O) groups excluding carboxylic acids is 1. The van der Waals surface area contributed by atoms with Gasteiger partial charge in [0.25, 0.3) is 0 Å². The van der Waals surface area contributed by atoms with Crippen LogP contribution in [0.4, 0.5) is 0 Å². The van der Waals surface area contributed by atoms with Gasteiger partial charge in [-0.3, -0.25) is 4.79 Å². The number of hydrogen-bond donors (Lipinski definition) is 1. The SMILES string of the molecule is CN1CCCN(C(=O)C[C@@H]2CCC[C@H]2N)CC1. The van der Waals surface area contributed by atoms with Gasteiger partial charge in [-0.2, -0.15) is 0 Å². The van der Waals surface area contributed by atoms with Gasteiger partial charge in [0.1, 0.15) is 0 Å². The number of nitrogens with zero attached hydrogens (tertiary/aromatic N) is 2. The molecule has 2 rings (SSSR count). The van der Waals surface area contributed by atoms with Crippen molar-refractivity contribution in [1.82, 2.24) is 9.80 Å². The monoisotopic (exact) mass is 239 g/mol. The summed E-state index contributed by atoms with van der Waals surface area (Å²) in [7, 11) is 2.13. The molecule has 0 bridgehead atoms. The molecule has 2 fully saturated rings. The molecule has 1 aliphatic heterocycles. The average molecular weight is 239 g/mol. The molecule has 98 valence electrons. The highest BCUT2D eigenvalue weighted by Gasteiger charge is 2.28. The minimum Gasteiger partial charge on any atom is -0.341 e. The lowest BCUT2D eigenvalue weighted by molar-refractivity contribution is -0.132. The number of carbonyl (C=O) groups is 1. The van der Waals surface area contributed by atoms with Crippen molar-refractivity contribution in [3.8, 4) is 0 Å². The standard InChI is InChI=1S/C13H25N3O/c1-15-6-3-7-16(9-8-15)13(17)10-11-4-2-5-12(11)14/h11-12H,2-10,14H2,1H3/t11-,12+/m0/s1. The second-order valence-corrected chi connectivity index (χ2v) is 5.60. The van der Waals surface area contributed by atoms with Crippen LogP contribution in [-0.4, -0.2) is 55.0 Å². The molecule has 0 aromatic rings. The topological polar surface area (TPSA) is 49.6 Å². The third-order valence-electron chi connectivity index (χ3n) is 4.23. The van der Waals surface area contributed by atoms with Gasteiger partial charge >= 0.3 is 0 Å². The van der Waals surface area contributed by atoms with Crippen molar-refractivity contribution in [1.29, 1.82) is 0 Å². The summed E-state index contributed by atoms with van der Waals surface area (Å²) in [6, 6.07) is 0.258. The fourth-order valence-corrected chi connectivity index (χ4v) is 2.97. The normalized spacial score (nSPS) is 31.5. The summed E-state index contributed by atoms with van der Waals surface area (Å²) in [4.78, 5) is 16.5. The zero-order valence-corrected chi connectivity index (χ0v) is 10.9. The first-order valence-corrected chi connectivity index (χ1v) is 6.88. The summed E-state index contributed by atoms with van der Waals surface area (Å²) >= 11 is 0. The van der Waals surface area contributed by atoms with Crippen LogP contribution in [-0.2, 0) is 4.79 Å². The lowest BCUT2D eigenvalue weighted by Gasteiger charge is -2.23. The molecule has 1 aliphatic carbocycles. The van der Waals surface area contributed by atoms with Gasteiger partial charge in [-0.1, -0.05) is 6.42 Å². The van der Waals surface area contributed by atoms with Gasteiger partial charge in [-0.25, -0.2) is 0 Å². The van der Waals surface area contributed by atoms with E-state index in [0.717, 1.165) is 45.4 Å². The molecule has 2 atom stereocenters. The Morgan fingerprint density at radius 3 is 2.71 bits per heavy atom. The molecule has 0 aromatic carbocycles. The molecule has 2 aliphatic rings. The lowest BCUT2D eigenvalue weighted by atomic mass is 9.99. The molecule has 0 spiro atoms. The largest absolute Gasteiger partial charge is 0.341 e. The van der Waals surface area contributed by atoms with Crippen molar-refractivity contribution in [2.45, 2.75) is 38.1 Å². The summed E-state index contributed by atoms with van der Waals surface area (Å²) in [5, 5.41) is 0. The summed E-state index contributed by atoms with van der Waals surface area (Å²) in [6.45, 7) is 3.91. The molecule has 0 unspecified atom stereocenters. The first-order chi connectivity index (χ1) is 8.16. The van der Waals surface area contributed by atoms with E-state index in [0.29, 0.717) is 18.2 Å². The fourth-order valence-electron chi connectivity index (χ4n) is 2.97. The van der Waals surface area contributed by atoms with Gasteiger partial charge in [-0.15, -0.1) is 0 Å². The Balaban J connectivity index is 1.82. The van der Waals surface area contributed by atoms with Crippen molar-refractivity contribution >= 4 is 5.91 Å². The second kappa shape index (κ2) is 5.83. The number of rotatable bonds is 2. The molecular formula is C13H25N3O. The second-order valence-electron chi connectivity index (χ2n) is 5.60. The van der Waals surface area contributed by atoms with Crippen molar-refractivity contribution in [3.05, 3.63) is 0 Å². The van der Waals surface area contributed by atoms with Crippen molar-refractivity contribution < 1.29 is 4.79 Å². The Morgan fingerprint density at radius 2 is 2.00 bits per heavy atom. The Labute approximate surface area is 104 Å². The van der Waals surface area contributed by atoms with Gasteiger partial charge in [0.05, 0.1) is 0 Å². The maximum atomic E-state index is 12.2. The van der Waals surface area contributed by atoms with Gasteiger partial charge in [0, 0.05) is 32.1 Å². The zero-order valence-electron chi connectivity index (χ0n) is 10.9. The molecule has 1 heterocycles. The van der Waals surface area contributed by atoms with Crippen LogP contribution in [0, 0.1) is 5.92 Å². The first-order valence-electron chi connectivity index (χ1n) is 6.88. The number of hydrogen-bond acceptors (Lipinski definition) is 3. The predicted molar refractivity (Wildman–Crippen MR) is 68.6 cm³/mol. The van der Waals surface area contributed by atoms with Crippen LogP contribution in [0.1, 0.15) is 32.1 Å². The molecule has 1 saturated carbocycles. The van der Waals surface area contributed by atoms with Crippen LogP contribution in [0.3, 0.4) is 0 Å². The maximum absolute atomic E-state index is 12.2. The van der Waals surface area contributed by atoms with E-state index >= 15 is 0 Å². The van der Waals surface area contributed by atoms with Gasteiger partial charge in [-0.05, 0) is 38.8 Å². The van der Waals surface area contributed by atoms with Crippen LogP contribution >= 0.6 is 0 Å². The summed E-state index contributed by atoms with van der Waals surface area (Å²) in [5.41, 5.74) is 6.03. The number of likely N-dealkylation sites (N-methyl/N-ethyl adjacent to an activating group) is 1. The van der Waals surface area contributed by atoms with Gasteiger partial charge in [0.2, 0.25) is 5.91 Å². The minimum absolute atomic E-state index is 0.258. The number of nitrogens with two attached hydrogens (primary N) is 1. The van der Waals surface area contributed by atoms with Crippen molar-refractivity contribution in [2.75, 3.05) is 33.2 Å². The van der Waals surface area contributed by atoms with Gasteiger partial charge in [0.15, 0.2) is 0 Å². The molecule has 4 nitrogen and oxygen atoms in total. The van der Waals surface area contributed by atoms with E-state index in [1.54, 1.807) is 0 Å². The van der Waals surface area contributed by atoms with Crippen LogP contribution in [0.2, 0.25) is 0 Å². The molecule has 1 saturated heterocycles. The zero-order chi connectivity index (χ0) is 12.3. The van der Waals surface area contributed by atoms with E-state index < -0.39 is 0 Å².